The van der Waals surface area contributed by atoms with Crippen molar-refractivity contribution in [3.8, 4) is 0 Å². The van der Waals surface area contributed by atoms with Crippen molar-refractivity contribution in [2.45, 2.75) is 13.0 Å². The second-order valence-corrected chi connectivity index (χ2v) is 3.24. The number of nitrogens with one attached hydrogen (secondary N) is 2. The van der Waals surface area contributed by atoms with Crippen molar-refractivity contribution in [3.63, 3.8) is 0 Å². The summed E-state index contributed by atoms with van der Waals surface area (Å²) in [7, 11) is 0. The van der Waals surface area contributed by atoms with E-state index in [0.717, 1.165) is 12.1 Å². The van der Waals surface area contributed by atoms with Crippen molar-refractivity contribution >= 4 is 11.8 Å². The first-order valence-electron chi connectivity index (χ1n) is 4.62. The number of benzene rings is 1. The van der Waals surface area contributed by atoms with Crippen LogP contribution in [0.1, 0.15) is 17.3 Å². The maximum Gasteiger partial charge on any atom is 0.269 e. The summed E-state index contributed by atoms with van der Waals surface area (Å²) in [6.07, 6.45) is 0. The molecule has 16 heavy (non-hydrogen) atoms. The Morgan fingerprint density at radius 3 is 2.31 bits per heavy atom. The summed E-state index contributed by atoms with van der Waals surface area (Å²) >= 11 is 0. The number of halogens is 1. The summed E-state index contributed by atoms with van der Waals surface area (Å²) in [4.78, 5) is 22.4. The summed E-state index contributed by atoms with van der Waals surface area (Å²) in [5.74, 6) is -1.47. The topological polar surface area (TPSA) is 84.2 Å². The van der Waals surface area contributed by atoms with Gasteiger partial charge in [-0.05, 0) is 31.2 Å². The van der Waals surface area contributed by atoms with Gasteiger partial charge in [0.05, 0.1) is 6.04 Å². The van der Waals surface area contributed by atoms with Gasteiger partial charge in [-0.3, -0.25) is 20.4 Å². The monoisotopic (exact) mass is 225 g/mol. The minimum Gasteiger partial charge on any atom is -0.320 e. The lowest BCUT2D eigenvalue weighted by molar-refractivity contribution is -0.122. The Morgan fingerprint density at radius 2 is 1.81 bits per heavy atom. The average Bonchev–Trinajstić information content (AvgIpc) is 2.26. The Kier molecular flexibility index (Phi) is 3.96. The van der Waals surface area contributed by atoms with Gasteiger partial charge in [0, 0.05) is 5.56 Å². The fourth-order valence-corrected chi connectivity index (χ4v) is 0.906. The third-order valence-corrected chi connectivity index (χ3v) is 1.82. The van der Waals surface area contributed by atoms with Gasteiger partial charge in [-0.2, -0.15) is 0 Å². The first kappa shape index (κ1) is 12.1. The molecule has 1 unspecified atom stereocenters. The van der Waals surface area contributed by atoms with Crippen LogP contribution in [0.25, 0.3) is 0 Å². The predicted octanol–water partition coefficient (Wildman–Crippen LogP) is -0.0661. The van der Waals surface area contributed by atoms with E-state index in [1.54, 1.807) is 0 Å². The number of carbonyl (C=O) groups excluding carboxylic acids is 2. The molecule has 1 rings (SSSR count). The van der Waals surface area contributed by atoms with Crippen molar-refractivity contribution in [1.29, 1.82) is 0 Å². The van der Waals surface area contributed by atoms with Gasteiger partial charge in [-0.25, -0.2) is 4.39 Å². The van der Waals surface area contributed by atoms with E-state index in [9.17, 15) is 14.0 Å². The average molecular weight is 225 g/mol. The number of carbonyl (C=O) groups is 2. The van der Waals surface area contributed by atoms with Crippen LogP contribution < -0.4 is 16.6 Å². The maximum absolute atomic E-state index is 12.6. The van der Waals surface area contributed by atoms with Crippen LogP contribution in [0, 0.1) is 5.82 Å². The van der Waals surface area contributed by atoms with Gasteiger partial charge < -0.3 is 5.73 Å². The molecule has 0 spiro atoms. The van der Waals surface area contributed by atoms with Crippen LogP contribution >= 0.6 is 0 Å². The molecule has 86 valence electrons. The quantitative estimate of drug-likeness (QED) is 0.616. The minimum absolute atomic E-state index is 0.242. The fraction of sp³-hybridized carbons (Fsp3) is 0.200. The van der Waals surface area contributed by atoms with Gasteiger partial charge in [0.2, 0.25) is 0 Å². The fourth-order valence-electron chi connectivity index (χ4n) is 0.906. The van der Waals surface area contributed by atoms with Gasteiger partial charge >= 0.3 is 0 Å². The van der Waals surface area contributed by atoms with E-state index >= 15 is 0 Å². The van der Waals surface area contributed by atoms with E-state index < -0.39 is 23.7 Å². The summed E-state index contributed by atoms with van der Waals surface area (Å²) in [6.45, 7) is 1.49. The summed E-state index contributed by atoms with van der Waals surface area (Å²) < 4.78 is 12.6. The molecule has 0 aliphatic heterocycles. The van der Waals surface area contributed by atoms with Crippen molar-refractivity contribution in [2.75, 3.05) is 0 Å². The van der Waals surface area contributed by atoms with Crippen LogP contribution in [0.2, 0.25) is 0 Å². The van der Waals surface area contributed by atoms with Gasteiger partial charge in [0.25, 0.3) is 11.8 Å². The highest BCUT2D eigenvalue weighted by Gasteiger charge is 2.09. The third-order valence-electron chi connectivity index (χ3n) is 1.82. The lowest BCUT2D eigenvalue weighted by Gasteiger charge is -2.08. The number of nitrogens with two attached hydrogens (primary N) is 1. The predicted molar refractivity (Wildman–Crippen MR) is 55.7 cm³/mol. The number of hydrazine groups is 1. The molecule has 2 amide bonds. The number of hydrogen-bond donors (Lipinski definition) is 3. The molecule has 0 radical (unpaired) electrons. The molecule has 0 aliphatic carbocycles. The molecule has 1 aromatic rings. The lowest BCUT2D eigenvalue weighted by Crippen LogP contribution is -2.48. The van der Waals surface area contributed by atoms with E-state index in [1.807, 2.05) is 0 Å². The molecular formula is C10H12FN3O2. The summed E-state index contributed by atoms with van der Waals surface area (Å²) in [5.41, 5.74) is 9.81. The molecule has 0 aromatic heterocycles. The van der Waals surface area contributed by atoms with Crippen molar-refractivity contribution in [3.05, 3.63) is 35.6 Å². The number of amides is 2. The normalized spacial score (nSPS) is 11.7. The maximum atomic E-state index is 12.6. The highest BCUT2D eigenvalue weighted by Crippen LogP contribution is 2.01. The zero-order valence-corrected chi connectivity index (χ0v) is 8.66. The van der Waals surface area contributed by atoms with Crippen LogP contribution in [0.4, 0.5) is 4.39 Å². The van der Waals surface area contributed by atoms with Gasteiger partial charge in [-0.15, -0.1) is 0 Å². The molecule has 5 nitrogen and oxygen atoms in total. The first-order chi connectivity index (χ1) is 7.50. The van der Waals surface area contributed by atoms with E-state index in [1.165, 1.54) is 19.1 Å². The molecule has 0 saturated carbocycles. The summed E-state index contributed by atoms with van der Waals surface area (Å²) in [5, 5.41) is 0. The van der Waals surface area contributed by atoms with E-state index in [-0.39, 0.29) is 5.56 Å². The van der Waals surface area contributed by atoms with Gasteiger partial charge in [0.15, 0.2) is 0 Å². The van der Waals surface area contributed by atoms with E-state index in [2.05, 4.69) is 10.9 Å². The van der Waals surface area contributed by atoms with E-state index in [4.69, 9.17) is 5.73 Å². The Labute approximate surface area is 91.8 Å². The highest BCUT2D eigenvalue weighted by atomic mass is 19.1. The lowest BCUT2D eigenvalue weighted by atomic mass is 10.2. The van der Waals surface area contributed by atoms with Crippen LogP contribution in [0.5, 0.6) is 0 Å². The number of rotatable bonds is 2. The Morgan fingerprint density at radius 1 is 1.25 bits per heavy atom. The van der Waals surface area contributed by atoms with Crippen molar-refractivity contribution in [2.24, 2.45) is 5.73 Å². The molecule has 0 saturated heterocycles. The smallest absolute Gasteiger partial charge is 0.269 e. The molecule has 4 N–H and O–H groups in total. The van der Waals surface area contributed by atoms with E-state index in [0.29, 0.717) is 0 Å². The second kappa shape index (κ2) is 5.22. The molecule has 0 bridgehead atoms. The summed E-state index contributed by atoms with van der Waals surface area (Å²) in [6, 6.07) is 4.21. The van der Waals surface area contributed by atoms with Crippen LogP contribution in [0.3, 0.4) is 0 Å². The van der Waals surface area contributed by atoms with Crippen molar-refractivity contribution < 1.29 is 14.0 Å². The van der Waals surface area contributed by atoms with Crippen LogP contribution in [0.15, 0.2) is 24.3 Å². The molecule has 6 heteroatoms. The zero-order chi connectivity index (χ0) is 12.1. The SMILES string of the molecule is CC(N)C(=O)NNC(=O)c1ccc(F)cc1. The molecule has 1 aromatic carbocycles. The molecule has 0 heterocycles. The molecular weight excluding hydrogens is 213 g/mol. The Bertz CT molecular complexity index is 390. The standard InChI is InChI=1S/C10H12FN3O2/c1-6(12)9(15)13-14-10(16)7-2-4-8(11)5-3-7/h2-6H,12H2,1H3,(H,13,15)(H,14,16). The molecule has 1 atom stereocenters. The largest absolute Gasteiger partial charge is 0.320 e. The Hall–Kier alpha value is -1.95. The van der Waals surface area contributed by atoms with Crippen molar-refractivity contribution in [1.82, 2.24) is 10.9 Å². The Balaban J connectivity index is 2.53. The van der Waals surface area contributed by atoms with Gasteiger partial charge in [0.1, 0.15) is 5.82 Å². The molecule has 0 aliphatic rings. The van der Waals surface area contributed by atoms with Crippen LogP contribution in [-0.2, 0) is 4.79 Å². The minimum atomic E-state index is -0.714. The zero-order valence-electron chi connectivity index (χ0n) is 8.66. The van der Waals surface area contributed by atoms with Crippen LogP contribution in [-0.4, -0.2) is 17.9 Å². The number of hydrogen-bond acceptors (Lipinski definition) is 3. The van der Waals surface area contributed by atoms with Gasteiger partial charge in [-0.1, -0.05) is 0 Å². The highest BCUT2D eigenvalue weighted by molar-refractivity contribution is 5.95. The molecule has 0 fully saturated rings. The second-order valence-electron chi connectivity index (χ2n) is 3.24. The third kappa shape index (κ3) is 3.32. The first-order valence-corrected chi connectivity index (χ1v) is 4.62.